The topological polar surface area (TPSA) is 26.3 Å². The van der Waals surface area contributed by atoms with Crippen molar-refractivity contribution in [3.8, 4) is 5.75 Å². The largest absolute Gasteiger partial charge is 0.496 e. The first-order valence-corrected chi connectivity index (χ1v) is 7.22. The summed E-state index contributed by atoms with van der Waals surface area (Å²) in [5.74, 6) is 0.621. The molecule has 0 fully saturated rings. The molecule has 0 amide bonds. The van der Waals surface area contributed by atoms with E-state index in [1.165, 1.54) is 11.1 Å². The third-order valence-electron chi connectivity index (χ3n) is 3.83. The van der Waals surface area contributed by atoms with Gasteiger partial charge < -0.3 is 4.74 Å². The highest BCUT2D eigenvalue weighted by atomic mass is 35.5. The third-order valence-corrected chi connectivity index (χ3v) is 4.17. The number of benzene rings is 2. The summed E-state index contributed by atoms with van der Waals surface area (Å²) >= 11 is 6.22. The summed E-state index contributed by atoms with van der Waals surface area (Å²) in [6.45, 7) is 0. The predicted octanol–water partition coefficient (Wildman–Crippen LogP) is 4.65. The molecule has 0 saturated heterocycles. The monoisotopic (exact) mass is 298 g/mol. The van der Waals surface area contributed by atoms with Gasteiger partial charge in [-0.05, 0) is 59.4 Å². The lowest BCUT2D eigenvalue weighted by Gasteiger charge is -2.08. The Labute approximate surface area is 129 Å². The molecule has 3 heteroatoms. The van der Waals surface area contributed by atoms with E-state index in [9.17, 15) is 4.79 Å². The van der Waals surface area contributed by atoms with Crippen LogP contribution in [0.4, 0.5) is 0 Å². The van der Waals surface area contributed by atoms with Crippen LogP contribution < -0.4 is 4.74 Å². The fraction of sp³-hybridized carbons (Fsp3) is 0.167. The van der Waals surface area contributed by atoms with Crippen LogP contribution in [0.3, 0.4) is 0 Å². The molecule has 2 aromatic rings. The Morgan fingerprint density at radius 2 is 1.95 bits per heavy atom. The number of fused-ring (bicyclic) bond motifs is 1. The molecule has 1 aliphatic rings. The SMILES string of the molecule is COc1cc2c(cc1C=O)CC/C2=C\c1ccccc1Cl. The van der Waals surface area contributed by atoms with Gasteiger partial charge in [0.1, 0.15) is 5.75 Å². The van der Waals surface area contributed by atoms with Crippen molar-refractivity contribution < 1.29 is 9.53 Å². The van der Waals surface area contributed by atoms with Crippen molar-refractivity contribution in [2.45, 2.75) is 12.8 Å². The molecule has 0 saturated carbocycles. The number of carbonyl (C=O) groups is 1. The maximum Gasteiger partial charge on any atom is 0.153 e. The zero-order valence-electron chi connectivity index (χ0n) is 11.7. The summed E-state index contributed by atoms with van der Waals surface area (Å²) in [5, 5.41) is 0.745. The molecule has 0 atom stereocenters. The highest BCUT2D eigenvalue weighted by Crippen LogP contribution is 2.38. The van der Waals surface area contributed by atoms with E-state index in [1.54, 1.807) is 7.11 Å². The lowest BCUT2D eigenvalue weighted by Crippen LogP contribution is -1.93. The van der Waals surface area contributed by atoms with Crippen LogP contribution >= 0.6 is 11.6 Å². The van der Waals surface area contributed by atoms with Gasteiger partial charge in [0.15, 0.2) is 6.29 Å². The number of halogens is 1. The minimum atomic E-state index is 0.607. The Bertz CT molecular complexity index is 732. The van der Waals surface area contributed by atoms with E-state index in [1.807, 2.05) is 36.4 Å². The van der Waals surface area contributed by atoms with Crippen molar-refractivity contribution in [3.63, 3.8) is 0 Å². The smallest absolute Gasteiger partial charge is 0.153 e. The Morgan fingerprint density at radius 1 is 1.14 bits per heavy atom. The van der Waals surface area contributed by atoms with Gasteiger partial charge in [0.25, 0.3) is 0 Å². The fourth-order valence-electron chi connectivity index (χ4n) is 2.75. The molecule has 0 N–H and O–H groups in total. The molecule has 2 aromatic carbocycles. The summed E-state index contributed by atoms with van der Waals surface area (Å²) in [5.41, 5.74) is 5.19. The highest BCUT2D eigenvalue weighted by molar-refractivity contribution is 6.32. The van der Waals surface area contributed by atoms with E-state index < -0.39 is 0 Å². The van der Waals surface area contributed by atoms with Gasteiger partial charge in [-0.15, -0.1) is 0 Å². The molecule has 21 heavy (non-hydrogen) atoms. The van der Waals surface area contributed by atoms with Crippen molar-refractivity contribution in [2.24, 2.45) is 0 Å². The van der Waals surface area contributed by atoms with Crippen LogP contribution in [0.5, 0.6) is 5.75 Å². The van der Waals surface area contributed by atoms with Crippen molar-refractivity contribution in [1.29, 1.82) is 0 Å². The molecule has 0 heterocycles. The summed E-state index contributed by atoms with van der Waals surface area (Å²) in [4.78, 5) is 11.1. The minimum Gasteiger partial charge on any atom is -0.496 e. The fourth-order valence-corrected chi connectivity index (χ4v) is 2.94. The van der Waals surface area contributed by atoms with Gasteiger partial charge in [0, 0.05) is 5.02 Å². The first-order chi connectivity index (χ1) is 10.2. The molecular formula is C18H15ClO2. The number of allylic oxidation sites excluding steroid dienone is 1. The summed E-state index contributed by atoms with van der Waals surface area (Å²) in [6.07, 6.45) is 4.85. The van der Waals surface area contributed by atoms with Gasteiger partial charge in [0.2, 0.25) is 0 Å². The number of ether oxygens (including phenoxy) is 1. The van der Waals surface area contributed by atoms with E-state index in [0.717, 1.165) is 35.3 Å². The minimum absolute atomic E-state index is 0.607. The molecule has 0 unspecified atom stereocenters. The van der Waals surface area contributed by atoms with E-state index in [2.05, 4.69) is 6.08 Å². The van der Waals surface area contributed by atoms with Gasteiger partial charge in [-0.25, -0.2) is 0 Å². The third kappa shape index (κ3) is 2.59. The van der Waals surface area contributed by atoms with Gasteiger partial charge >= 0.3 is 0 Å². The first kappa shape index (κ1) is 13.9. The van der Waals surface area contributed by atoms with Crippen LogP contribution in [-0.4, -0.2) is 13.4 Å². The number of methoxy groups -OCH3 is 1. The lowest BCUT2D eigenvalue weighted by molar-refractivity contribution is 0.112. The average Bonchev–Trinajstić information content (AvgIpc) is 2.90. The van der Waals surface area contributed by atoms with Gasteiger partial charge in [-0.1, -0.05) is 29.8 Å². The van der Waals surface area contributed by atoms with E-state index in [0.29, 0.717) is 11.3 Å². The Morgan fingerprint density at radius 3 is 2.67 bits per heavy atom. The number of rotatable bonds is 3. The molecular weight excluding hydrogens is 284 g/mol. The van der Waals surface area contributed by atoms with E-state index in [4.69, 9.17) is 16.3 Å². The number of carbonyl (C=O) groups excluding carboxylic acids is 1. The summed E-state index contributed by atoms with van der Waals surface area (Å²) in [6, 6.07) is 11.7. The second kappa shape index (κ2) is 5.74. The molecule has 1 aliphatic carbocycles. The van der Waals surface area contributed by atoms with Crippen LogP contribution in [-0.2, 0) is 6.42 Å². The first-order valence-electron chi connectivity index (χ1n) is 6.84. The molecule has 0 aliphatic heterocycles. The zero-order chi connectivity index (χ0) is 14.8. The van der Waals surface area contributed by atoms with Crippen molar-refractivity contribution in [2.75, 3.05) is 7.11 Å². The number of hydrogen-bond acceptors (Lipinski definition) is 2. The molecule has 3 rings (SSSR count). The van der Waals surface area contributed by atoms with Crippen molar-refractivity contribution >= 4 is 29.5 Å². The molecule has 106 valence electrons. The van der Waals surface area contributed by atoms with E-state index >= 15 is 0 Å². The number of aryl methyl sites for hydroxylation is 1. The molecule has 0 spiro atoms. The predicted molar refractivity (Wildman–Crippen MR) is 86.0 cm³/mol. The van der Waals surface area contributed by atoms with Gasteiger partial charge in [-0.2, -0.15) is 0 Å². The Hall–Kier alpha value is -2.06. The molecule has 0 aromatic heterocycles. The van der Waals surface area contributed by atoms with Gasteiger partial charge in [-0.3, -0.25) is 4.79 Å². The van der Waals surface area contributed by atoms with E-state index in [-0.39, 0.29) is 0 Å². The second-order valence-corrected chi connectivity index (χ2v) is 5.47. The lowest BCUT2D eigenvalue weighted by atomic mass is 10.0. The summed E-state index contributed by atoms with van der Waals surface area (Å²) in [7, 11) is 1.58. The highest BCUT2D eigenvalue weighted by Gasteiger charge is 2.19. The van der Waals surface area contributed by atoms with Crippen LogP contribution in [0, 0.1) is 0 Å². The van der Waals surface area contributed by atoms with Crippen LogP contribution in [0.15, 0.2) is 36.4 Å². The molecule has 0 radical (unpaired) electrons. The maximum atomic E-state index is 11.1. The van der Waals surface area contributed by atoms with Crippen LogP contribution in [0.2, 0.25) is 5.02 Å². The van der Waals surface area contributed by atoms with Crippen molar-refractivity contribution in [3.05, 3.63) is 63.7 Å². The average molecular weight is 299 g/mol. The number of aldehydes is 1. The zero-order valence-corrected chi connectivity index (χ0v) is 12.5. The Balaban J connectivity index is 2.08. The van der Waals surface area contributed by atoms with Crippen molar-refractivity contribution in [1.82, 2.24) is 0 Å². The molecule has 2 nitrogen and oxygen atoms in total. The maximum absolute atomic E-state index is 11.1. The second-order valence-electron chi connectivity index (χ2n) is 5.06. The number of hydrogen-bond donors (Lipinski definition) is 0. The van der Waals surface area contributed by atoms with Gasteiger partial charge in [0.05, 0.1) is 12.7 Å². The standard InChI is InChI=1S/C18H15ClO2/c1-21-18-10-16-12(6-7-13(16)9-15(18)11-20)8-14-4-2-3-5-17(14)19/h2-5,8-11H,6-7H2,1H3/b12-8+. The van der Waals surface area contributed by atoms with Crippen LogP contribution in [0.1, 0.15) is 33.5 Å². The quantitative estimate of drug-likeness (QED) is 0.771. The summed E-state index contributed by atoms with van der Waals surface area (Å²) < 4.78 is 5.30. The Kier molecular flexibility index (Phi) is 3.80. The normalized spacial score (nSPS) is 15.0. The molecule has 0 bridgehead atoms. The van der Waals surface area contributed by atoms with Crippen LogP contribution in [0.25, 0.3) is 11.6 Å².